The summed E-state index contributed by atoms with van der Waals surface area (Å²) < 4.78 is 7.08. The number of furan rings is 1. The molecule has 0 spiro atoms. The number of fused-ring (bicyclic) bond motifs is 13. The molecule has 4 aliphatic rings. The predicted molar refractivity (Wildman–Crippen MR) is 268 cm³/mol. The highest BCUT2D eigenvalue weighted by molar-refractivity contribution is 7.00. The van der Waals surface area contributed by atoms with Gasteiger partial charge in [-0.2, -0.15) is 0 Å². The molecule has 0 saturated heterocycles. The Morgan fingerprint density at radius 2 is 0.984 bits per heavy atom. The van der Waals surface area contributed by atoms with Crippen LogP contribution in [-0.2, 0) is 10.8 Å². The van der Waals surface area contributed by atoms with Crippen LogP contribution in [0.3, 0.4) is 0 Å². The molecule has 0 N–H and O–H groups in total. The average Bonchev–Trinajstić information content (AvgIpc) is 3.90. The molecule has 64 heavy (non-hydrogen) atoms. The lowest BCUT2D eigenvalue weighted by molar-refractivity contribution is 0.648. The van der Waals surface area contributed by atoms with E-state index in [2.05, 4.69) is 226 Å². The summed E-state index contributed by atoms with van der Waals surface area (Å²) in [5.74, 6) is 0. The Hall–Kier alpha value is -7.56. The molecule has 0 amide bonds. The van der Waals surface area contributed by atoms with Crippen molar-refractivity contribution in [2.45, 2.75) is 38.5 Å². The minimum Gasteiger partial charge on any atom is -0.454 e. The molecule has 2 aliphatic heterocycles. The fourth-order valence-corrected chi connectivity index (χ4v) is 12.3. The third-order valence-corrected chi connectivity index (χ3v) is 15.2. The van der Waals surface area contributed by atoms with Crippen LogP contribution in [0.1, 0.15) is 49.9 Å². The molecular weight excluding hydrogens is 775 g/mol. The second kappa shape index (κ2) is 12.5. The molecule has 302 valence electrons. The zero-order valence-corrected chi connectivity index (χ0v) is 36.3. The van der Waals surface area contributed by atoms with Crippen LogP contribution in [0, 0.1) is 0 Å². The van der Waals surface area contributed by atoms with E-state index in [0.717, 1.165) is 33.3 Å². The Labute approximate surface area is 373 Å². The molecule has 3 nitrogen and oxygen atoms in total. The molecule has 0 fully saturated rings. The minimum absolute atomic E-state index is 0.0393. The third kappa shape index (κ3) is 4.57. The predicted octanol–water partition coefficient (Wildman–Crippen LogP) is 13.9. The summed E-state index contributed by atoms with van der Waals surface area (Å²) >= 11 is 0. The second-order valence-electron chi connectivity index (χ2n) is 19.2. The van der Waals surface area contributed by atoms with Gasteiger partial charge in [-0.25, -0.2) is 0 Å². The first kappa shape index (κ1) is 36.0. The summed E-state index contributed by atoms with van der Waals surface area (Å²) in [4.78, 5) is 5.06. The summed E-state index contributed by atoms with van der Waals surface area (Å²) in [7, 11) is 0. The average molecular weight is 819 g/mol. The van der Waals surface area contributed by atoms with Crippen LogP contribution in [0.2, 0.25) is 0 Å². The molecule has 1 aromatic heterocycles. The molecular formula is C60H43BN2O. The van der Waals surface area contributed by atoms with Gasteiger partial charge in [-0.3, -0.25) is 0 Å². The molecule has 0 unspecified atom stereocenters. The van der Waals surface area contributed by atoms with Crippen LogP contribution in [0.4, 0.5) is 34.1 Å². The van der Waals surface area contributed by atoms with Gasteiger partial charge in [0.05, 0.1) is 5.69 Å². The Balaban J connectivity index is 0.978. The number of rotatable bonds is 3. The molecule has 10 aromatic rings. The van der Waals surface area contributed by atoms with Crippen LogP contribution in [0.15, 0.2) is 192 Å². The van der Waals surface area contributed by atoms with E-state index in [0.29, 0.717) is 0 Å². The Morgan fingerprint density at radius 3 is 1.73 bits per heavy atom. The van der Waals surface area contributed by atoms with Gasteiger partial charge in [0.25, 0.3) is 6.71 Å². The quantitative estimate of drug-likeness (QED) is 0.166. The number of hydrogen-bond donors (Lipinski definition) is 0. The van der Waals surface area contributed by atoms with Gasteiger partial charge in [-0.15, -0.1) is 0 Å². The van der Waals surface area contributed by atoms with Crippen LogP contribution < -0.4 is 26.2 Å². The monoisotopic (exact) mass is 818 g/mol. The minimum atomic E-state index is -0.284. The van der Waals surface area contributed by atoms with E-state index in [1.54, 1.807) is 0 Å². The highest BCUT2D eigenvalue weighted by Gasteiger charge is 2.47. The number of para-hydroxylation sites is 3. The van der Waals surface area contributed by atoms with Crippen molar-refractivity contribution in [1.82, 2.24) is 0 Å². The maximum atomic E-state index is 7.08. The third-order valence-electron chi connectivity index (χ3n) is 15.2. The molecule has 14 rings (SSSR count). The first-order chi connectivity index (χ1) is 31.3. The van der Waals surface area contributed by atoms with E-state index in [-0.39, 0.29) is 17.5 Å². The van der Waals surface area contributed by atoms with Gasteiger partial charge >= 0.3 is 0 Å². The zero-order chi connectivity index (χ0) is 42.6. The largest absolute Gasteiger partial charge is 0.454 e. The first-order valence-electron chi connectivity index (χ1n) is 22.6. The van der Waals surface area contributed by atoms with E-state index in [4.69, 9.17) is 4.42 Å². The molecule has 0 bridgehead atoms. The SMILES string of the molecule is CC1(C)c2ccccc2-c2ccc(-c3ccc(N4c5ccccc5B5c6ccccc6N(c6c7c(cc8c6oc6ccccc68)-c6ccccc6C7(C)C)c6cccc4c65)cc3)cc21. The summed E-state index contributed by atoms with van der Waals surface area (Å²) in [5, 5.41) is 2.28. The van der Waals surface area contributed by atoms with Gasteiger partial charge in [0, 0.05) is 50.0 Å². The van der Waals surface area contributed by atoms with E-state index >= 15 is 0 Å². The zero-order valence-electron chi connectivity index (χ0n) is 36.3. The van der Waals surface area contributed by atoms with E-state index in [1.807, 2.05) is 0 Å². The van der Waals surface area contributed by atoms with Crippen molar-refractivity contribution in [2.24, 2.45) is 0 Å². The fourth-order valence-electron chi connectivity index (χ4n) is 12.3. The maximum Gasteiger partial charge on any atom is 0.252 e. The topological polar surface area (TPSA) is 19.6 Å². The number of benzene rings is 9. The smallest absolute Gasteiger partial charge is 0.252 e. The molecule has 9 aromatic carbocycles. The van der Waals surface area contributed by atoms with Crippen LogP contribution in [0.25, 0.3) is 55.3 Å². The van der Waals surface area contributed by atoms with Crippen molar-refractivity contribution in [1.29, 1.82) is 0 Å². The maximum absolute atomic E-state index is 7.08. The van der Waals surface area contributed by atoms with E-state index < -0.39 is 0 Å². The van der Waals surface area contributed by atoms with Crippen LogP contribution >= 0.6 is 0 Å². The van der Waals surface area contributed by atoms with Gasteiger partial charge in [-0.1, -0.05) is 161 Å². The van der Waals surface area contributed by atoms with Gasteiger partial charge in [0.1, 0.15) is 5.58 Å². The summed E-state index contributed by atoms with van der Waals surface area (Å²) in [6.45, 7) is 9.53. The van der Waals surface area contributed by atoms with Crippen molar-refractivity contribution in [3.8, 4) is 33.4 Å². The Kier molecular flexibility index (Phi) is 7.05. The van der Waals surface area contributed by atoms with Gasteiger partial charge < -0.3 is 14.2 Å². The van der Waals surface area contributed by atoms with Crippen molar-refractivity contribution in [2.75, 3.05) is 9.80 Å². The van der Waals surface area contributed by atoms with Crippen LogP contribution in [0.5, 0.6) is 0 Å². The van der Waals surface area contributed by atoms with Crippen molar-refractivity contribution < 1.29 is 4.42 Å². The normalized spacial score (nSPS) is 15.3. The highest BCUT2D eigenvalue weighted by Crippen LogP contribution is 2.58. The number of hydrogen-bond acceptors (Lipinski definition) is 3. The van der Waals surface area contributed by atoms with Crippen molar-refractivity contribution in [3.63, 3.8) is 0 Å². The van der Waals surface area contributed by atoms with Crippen LogP contribution in [-0.4, -0.2) is 6.71 Å². The number of anilines is 6. The molecule has 0 saturated carbocycles. The van der Waals surface area contributed by atoms with Crippen molar-refractivity contribution in [3.05, 3.63) is 210 Å². The van der Waals surface area contributed by atoms with E-state index in [1.165, 1.54) is 94.8 Å². The number of nitrogens with zero attached hydrogens (tertiary/aromatic N) is 2. The summed E-state index contributed by atoms with van der Waals surface area (Å²) in [6.07, 6.45) is 0. The molecule has 2 aliphatic carbocycles. The van der Waals surface area contributed by atoms with Gasteiger partial charge in [0.2, 0.25) is 0 Å². The lowest BCUT2D eigenvalue weighted by Crippen LogP contribution is -2.61. The first-order valence-corrected chi connectivity index (χ1v) is 22.6. The van der Waals surface area contributed by atoms with Crippen molar-refractivity contribution >= 4 is 79.2 Å². The molecule has 3 heterocycles. The summed E-state index contributed by atoms with van der Waals surface area (Å²) in [5.41, 5.74) is 25.6. The fraction of sp³-hybridized carbons (Fsp3) is 0.100. The molecule has 0 radical (unpaired) electrons. The lowest BCUT2D eigenvalue weighted by Gasteiger charge is -2.44. The Bertz CT molecular complexity index is 3650. The van der Waals surface area contributed by atoms with E-state index in [9.17, 15) is 0 Å². The standard InChI is InChI=1S/C60H43BN2O/c1-59(2)45-19-8-5-16-39(45)41-33-30-37(34-47(41)59)36-28-31-38(32-29-36)62-50-23-12-10-21-48(50)61-49-22-11-13-24-51(49)63(53-26-15-25-52(62)56(53)61)57-55-43(40-17-6-9-20-46(40)60(55,3)4)35-44-42-18-7-14-27-54(42)64-58(44)57/h5-35H,1-4H3. The summed E-state index contributed by atoms with van der Waals surface area (Å²) in [6, 6.07) is 70.1. The lowest BCUT2D eigenvalue weighted by atomic mass is 9.33. The van der Waals surface area contributed by atoms with Gasteiger partial charge in [-0.05, 0) is 127 Å². The Morgan fingerprint density at radius 1 is 0.422 bits per heavy atom. The molecule has 4 heteroatoms. The molecule has 0 atom stereocenters. The highest BCUT2D eigenvalue weighted by atomic mass is 16.3. The second-order valence-corrected chi connectivity index (χ2v) is 19.2. The van der Waals surface area contributed by atoms with Gasteiger partial charge in [0.15, 0.2) is 5.58 Å².